The Balaban J connectivity index is 1.82. The van der Waals surface area contributed by atoms with Crippen molar-refractivity contribution in [3.05, 3.63) is 70.3 Å². The molecule has 0 spiro atoms. The van der Waals surface area contributed by atoms with Crippen LogP contribution >= 0.6 is 0 Å². The average molecular weight is 454 g/mol. The Morgan fingerprint density at radius 1 is 0.875 bits per heavy atom. The second kappa shape index (κ2) is 10.1. The van der Waals surface area contributed by atoms with Crippen molar-refractivity contribution in [2.45, 2.75) is 70.6 Å². The number of rotatable bonds is 7. The van der Waals surface area contributed by atoms with E-state index in [1.54, 1.807) is 6.07 Å². The average Bonchev–Trinajstić information content (AvgIpc) is 2.78. The molecule has 0 aromatic heterocycles. The summed E-state index contributed by atoms with van der Waals surface area (Å²) in [6, 6.07) is 6.13. The molecule has 0 radical (unpaired) electrons. The van der Waals surface area contributed by atoms with Crippen LogP contribution in [0.3, 0.4) is 0 Å². The molecule has 0 bridgehead atoms. The maximum atomic E-state index is 14.7. The summed E-state index contributed by atoms with van der Waals surface area (Å²) in [5.41, 5.74) is -1.27. The van der Waals surface area contributed by atoms with Crippen molar-refractivity contribution in [1.82, 2.24) is 0 Å². The maximum Gasteiger partial charge on any atom is 0.275 e. The first-order valence-electron chi connectivity index (χ1n) is 11.2. The first-order valence-corrected chi connectivity index (χ1v) is 11.2. The molecule has 174 valence electrons. The van der Waals surface area contributed by atoms with E-state index in [-0.39, 0.29) is 5.92 Å². The molecular formula is C26H28F6. The zero-order chi connectivity index (χ0) is 23.5. The number of alkyl halides is 2. The molecule has 0 aliphatic heterocycles. The van der Waals surface area contributed by atoms with E-state index in [0.717, 1.165) is 49.8 Å². The summed E-state index contributed by atoms with van der Waals surface area (Å²) in [6.07, 6.45) is 5.71. The molecule has 1 aliphatic carbocycles. The molecular weight excluding hydrogens is 426 g/mol. The SMILES string of the molecule is CCCC1CCC(c2ccc(/C(F)=C(\F)c3ccc(C(F)(F)CC)c(F)c3)c(F)c2)CC1. The van der Waals surface area contributed by atoms with Crippen LogP contribution in [0, 0.1) is 17.6 Å². The lowest BCUT2D eigenvalue weighted by molar-refractivity contribution is -0.0117. The van der Waals surface area contributed by atoms with Gasteiger partial charge in [0.15, 0.2) is 11.7 Å². The Hall–Kier alpha value is -2.24. The summed E-state index contributed by atoms with van der Waals surface area (Å²) in [6.45, 7) is 3.35. The van der Waals surface area contributed by atoms with Gasteiger partial charge >= 0.3 is 0 Å². The summed E-state index contributed by atoms with van der Waals surface area (Å²) in [7, 11) is 0. The summed E-state index contributed by atoms with van der Waals surface area (Å²) < 4.78 is 85.6. The minimum atomic E-state index is -3.42. The van der Waals surface area contributed by atoms with E-state index in [2.05, 4.69) is 6.92 Å². The molecule has 3 rings (SSSR count). The fourth-order valence-corrected chi connectivity index (χ4v) is 4.54. The van der Waals surface area contributed by atoms with Crippen LogP contribution in [-0.4, -0.2) is 0 Å². The molecule has 6 heteroatoms. The topological polar surface area (TPSA) is 0 Å². The van der Waals surface area contributed by atoms with E-state index in [1.165, 1.54) is 25.5 Å². The number of halogens is 6. The molecule has 2 aromatic rings. The van der Waals surface area contributed by atoms with E-state index >= 15 is 0 Å². The van der Waals surface area contributed by atoms with Crippen LogP contribution in [0.5, 0.6) is 0 Å². The smallest absolute Gasteiger partial charge is 0.206 e. The van der Waals surface area contributed by atoms with Crippen LogP contribution in [0.1, 0.15) is 87.0 Å². The maximum absolute atomic E-state index is 14.7. The van der Waals surface area contributed by atoms with Crippen molar-refractivity contribution in [2.24, 2.45) is 5.92 Å². The number of hydrogen-bond donors (Lipinski definition) is 0. The largest absolute Gasteiger partial charge is 0.275 e. The molecule has 1 fully saturated rings. The Bertz CT molecular complexity index is 970. The predicted octanol–water partition coefficient (Wildman–Crippen LogP) is 9.31. The Labute approximate surface area is 185 Å². The molecule has 0 atom stereocenters. The van der Waals surface area contributed by atoms with Gasteiger partial charge in [-0.1, -0.05) is 38.8 Å². The lowest BCUT2D eigenvalue weighted by Crippen LogP contribution is -2.14. The van der Waals surface area contributed by atoms with Crippen molar-refractivity contribution >= 4 is 11.7 Å². The lowest BCUT2D eigenvalue weighted by Gasteiger charge is -2.28. The Kier molecular flexibility index (Phi) is 7.73. The van der Waals surface area contributed by atoms with Crippen LogP contribution in [0.15, 0.2) is 36.4 Å². The van der Waals surface area contributed by atoms with Crippen molar-refractivity contribution in [2.75, 3.05) is 0 Å². The fourth-order valence-electron chi connectivity index (χ4n) is 4.54. The quantitative estimate of drug-likeness (QED) is 0.289. The minimum absolute atomic E-state index is 0.186. The summed E-state index contributed by atoms with van der Waals surface area (Å²) in [5, 5.41) is 0. The Morgan fingerprint density at radius 3 is 2.12 bits per heavy atom. The van der Waals surface area contributed by atoms with E-state index < -0.39 is 52.3 Å². The van der Waals surface area contributed by atoms with Gasteiger partial charge in [-0.25, -0.2) is 26.3 Å². The van der Waals surface area contributed by atoms with Crippen molar-refractivity contribution in [1.29, 1.82) is 0 Å². The van der Waals surface area contributed by atoms with Gasteiger partial charge in [-0.3, -0.25) is 0 Å². The van der Waals surface area contributed by atoms with Gasteiger partial charge in [0.25, 0.3) is 5.92 Å². The molecule has 1 saturated carbocycles. The number of benzene rings is 2. The second-order valence-electron chi connectivity index (χ2n) is 8.63. The van der Waals surface area contributed by atoms with Gasteiger partial charge in [-0.05, 0) is 67.3 Å². The van der Waals surface area contributed by atoms with Gasteiger partial charge in [0.2, 0.25) is 0 Å². The van der Waals surface area contributed by atoms with Gasteiger partial charge < -0.3 is 0 Å². The van der Waals surface area contributed by atoms with Gasteiger partial charge in [0.05, 0.1) is 5.56 Å². The highest BCUT2D eigenvalue weighted by molar-refractivity contribution is 5.83. The predicted molar refractivity (Wildman–Crippen MR) is 116 cm³/mol. The highest BCUT2D eigenvalue weighted by Gasteiger charge is 2.32. The molecule has 0 saturated heterocycles. The van der Waals surface area contributed by atoms with E-state index in [9.17, 15) is 26.3 Å². The van der Waals surface area contributed by atoms with Gasteiger partial charge in [-0.2, -0.15) is 0 Å². The molecule has 32 heavy (non-hydrogen) atoms. The molecule has 1 aliphatic rings. The standard InChI is InChI=1S/C26H28F6/c1-3-5-16-6-8-17(9-7-16)18-10-12-20(22(27)14-18)25(30)24(29)19-11-13-21(23(28)15-19)26(31,32)4-2/h10-17H,3-9H2,1-2H3/b25-24+. The molecule has 0 amide bonds. The van der Waals surface area contributed by atoms with Crippen LogP contribution in [0.4, 0.5) is 26.3 Å². The van der Waals surface area contributed by atoms with Crippen molar-refractivity contribution < 1.29 is 26.3 Å². The van der Waals surface area contributed by atoms with Crippen LogP contribution < -0.4 is 0 Å². The van der Waals surface area contributed by atoms with Gasteiger partial charge in [0, 0.05) is 17.5 Å². The molecule has 2 aromatic carbocycles. The third kappa shape index (κ3) is 5.21. The normalized spacial score (nSPS) is 20.2. The second-order valence-corrected chi connectivity index (χ2v) is 8.63. The third-order valence-corrected chi connectivity index (χ3v) is 6.50. The van der Waals surface area contributed by atoms with Crippen LogP contribution in [0.25, 0.3) is 11.7 Å². The van der Waals surface area contributed by atoms with Gasteiger partial charge in [-0.15, -0.1) is 0 Å². The summed E-state index contributed by atoms with van der Waals surface area (Å²) >= 11 is 0. The molecule has 0 heterocycles. The van der Waals surface area contributed by atoms with Crippen LogP contribution in [0.2, 0.25) is 0 Å². The fraction of sp³-hybridized carbons (Fsp3) is 0.462. The Morgan fingerprint density at radius 2 is 1.56 bits per heavy atom. The van der Waals surface area contributed by atoms with E-state index in [0.29, 0.717) is 12.0 Å². The van der Waals surface area contributed by atoms with Crippen molar-refractivity contribution in [3.63, 3.8) is 0 Å². The highest BCUT2D eigenvalue weighted by Crippen LogP contribution is 2.40. The highest BCUT2D eigenvalue weighted by atomic mass is 19.3. The zero-order valence-corrected chi connectivity index (χ0v) is 18.3. The first-order chi connectivity index (χ1) is 15.2. The van der Waals surface area contributed by atoms with Crippen molar-refractivity contribution in [3.8, 4) is 0 Å². The monoisotopic (exact) mass is 454 g/mol. The summed E-state index contributed by atoms with van der Waals surface area (Å²) in [4.78, 5) is 0. The van der Waals surface area contributed by atoms with E-state index in [1.807, 2.05) is 0 Å². The minimum Gasteiger partial charge on any atom is -0.206 e. The van der Waals surface area contributed by atoms with E-state index in [4.69, 9.17) is 0 Å². The lowest BCUT2D eigenvalue weighted by atomic mass is 9.77. The summed E-state index contributed by atoms with van der Waals surface area (Å²) in [5.74, 6) is -7.77. The van der Waals surface area contributed by atoms with Gasteiger partial charge in [0.1, 0.15) is 11.6 Å². The van der Waals surface area contributed by atoms with Crippen LogP contribution in [-0.2, 0) is 5.92 Å². The first kappa shape index (κ1) is 24.4. The molecule has 0 unspecified atom stereocenters. The number of hydrogen-bond acceptors (Lipinski definition) is 0. The third-order valence-electron chi connectivity index (χ3n) is 6.50. The zero-order valence-electron chi connectivity index (χ0n) is 18.3. The molecule has 0 nitrogen and oxygen atoms in total. The molecule has 0 N–H and O–H groups in total.